The van der Waals surface area contributed by atoms with Crippen molar-refractivity contribution in [2.45, 2.75) is 19.3 Å². The van der Waals surface area contributed by atoms with E-state index in [1.54, 1.807) is 0 Å². The molecule has 2 aromatic rings. The van der Waals surface area contributed by atoms with Gasteiger partial charge in [-0.15, -0.1) is 11.3 Å². The molecule has 2 nitrogen and oxygen atoms in total. The lowest BCUT2D eigenvalue weighted by Crippen LogP contribution is -1.98. The minimum Gasteiger partial charge on any atom is -0.232 e. The Morgan fingerprint density at radius 2 is 2.12 bits per heavy atom. The number of halogens is 2. The molecule has 0 unspecified atom stereocenters. The number of thiophene rings is 1. The summed E-state index contributed by atoms with van der Waals surface area (Å²) in [4.78, 5) is 10.2. The first-order chi connectivity index (χ1) is 7.74. The summed E-state index contributed by atoms with van der Waals surface area (Å²) >= 11 is 9.77. The average Bonchev–Trinajstić information content (AvgIpc) is 2.85. The minimum absolute atomic E-state index is 0.786. The van der Waals surface area contributed by atoms with E-state index in [0.717, 1.165) is 31.6 Å². The maximum absolute atomic E-state index is 5.93. The monoisotopic (exact) mass is 362 g/mol. The van der Waals surface area contributed by atoms with Crippen molar-refractivity contribution in [2.24, 2.45) is 0 Å². The third-order valence-electron chi connectivity index (χ3n) is 2.68. The van der Waals surface area contributed by atoms with Crippen molar-refractivity contribution < 1.29 is 0 Å². The Balaban J connectivity index is 2.12. The summed E-state index contributed by atoms with van der Waals surface area (Å²) in [6.45, 7) is 0. The molecule has 5 heteroatoms. The van der Waals surface area contributed by atoms with Gasteiger partial charge in [-0.1, -0.05) is 11.6 Å². The third kappa shape index (κ3) is 1.87. The summed E-state index contributed by atoms with van der Waals surface area (Å²) in [5, 5.41) is 0. The third-order valence-corrected chi connectivity index (χ3v) is 4.80. The van der Waals surface area contributed by atoms with Crippen molar-refractivity contribution in [3.05, 3.63) is 31.4 Å². The summed E-state index contributed by atoms with van der Waals surface area (Å²) in [5.74, 6) is 0.821. The van der Waals surface area contributed by atoms with E-state index in [4.69, 9.17) is 11.6 Å². The Morgan fingerprint density at radius 1 is 1.25 bits per heavy atom. The van der Waals surface area contributed by atoms with Crippen LogP contribution < -0.4 is 0 Å². The first-order valence-electron chi connectivity index (χ1n) is 5.05. The van der Waals surface area contributed by atoms with Gasteiger partial charge in [0.1, 0.15) is 3.70 Å². The van der Waals surface area contributed by atoms with E-state index < -0.39 is 0 Å². The average molecular weight is 363 g/mol. The second-order valence-corrected chi connectivity index (χ2v) is 6.46. The zero-order valence-electron chi connectivity index (χ0n) is 8.33. The fourth-order valence-corrected chi connectivity index (χ4v) is 3.72. The maximum atomic E-state index is 5.93. The Hall–Kier alpha value is -0.200. The van der Waals surface area contributed by atoms with Crippen LogP contribution in [0.2, 0.25) is 4.34 Å². The van der Waals surface area contributed by atoms with Crippen molar-refractivity contribution in [1.82, 2.24) is 9.97 Å². The Kier molecular flexibility index (Phi) is 2.89. The lowest BCUT2D eigenvalue weighted by Gasteiger charge is -2.03. The van der Waals surface area contributed by atoms with Crippen LogP contribution >= 0.6 is 45.5 Å². The SMILES string of the molecule is Clc1ccc(-c2nc(I)c3c(n2)CCC3)s1. The van der Waals surface area contributed by atoms with Crippen LogP contribution in [0.5, 0.6) is 0 Å². The summed E-state index contributed by atoms with van der Waals surface area (Å²) in [6, 6.07) is 3.88. The number of aromatic nitrogens is 2. The van der Waals surface area contributed by atoms with Crippen molar-refractivity contribution in [2.75, 3.05) is 0 Å². The lowest BCUT2D eigenvalue weighted by molar-refractivity contribution is 0.899. The molecule has 0 saturated carbocycles. The summed E-state index contributed by atoms with van der Waals surface area (Å²) in [5.41, 5.74) is 2.56. The van der Waals surface area contributed by atoms with Gasteiger partial charge in [-0.3, -0.25) is 0 Å². The molecule has 1 aliphatic carbocycles. The first-order valence-corrected chi connectivity index (χ1v) is 7.32. The van der Waals surface area contributed by atoms with Gasteiger partial charge < -0.3 is 0 Å². The first kappa shape index (κ1) is 10.9. The van der Waals surface area contributed by atoms with E-state index in [2.05, 4.69) is 32.6 Å². The molecule has 1 aliphatic rings. The second kappa shape index (κ2) is 4.23. The van der Waals surface area contributed by atoms with Crippen LogP contribution in [0.25, 0.3) is 10.7 Å². The predicted molar refractivity (Wildman–Crippen MR) is 75.1 cm³/mol. The van der Waals surface area contributed by atoms with E-state index in [-0.39, 0.29) is 0 Å². The number of rotatable bonds is 1. The quantitative estimate of drug-likeness (QED) is 0.567. The molecule has 0 N–H and O–H groups in total. The molecule has 82 valence electrons. The molecule has 3 rings (SSSR count). The van der Waals surface area contributed by atoms with Gasteiger partial charge in [0.05, 0.1) is 9.21 Å². The molecule has 0 saturated heterocycles. The lowest BCUT2D eigenvalue weighted by atomic mass is 10.2. The zero-order valence-corrected chi connectivity index (χ0v) is 12.1. The van der Waals surface area contributed by atoms with Gasteiger partial charge in [-0.05, 0) is 54.0 Å². The number of hydrogen-bond acceptors (Lipinski definition) is 3. The van der Waals surface area contributed by atoms with Crippen molar-refractivity contribution in [3.8, 4) is 10.7 Å². The number of aryl methyl sites for hydroxylation is 1. The van der Waals surface area contributed by atoms with Gasteiger partial charge in [0, 0.05) is 11.3 Å². The van der Waals surface area contributed by atoms with Crippen molar-refractivity contribution in [3.63, 3.8) is 0 Å². The number of nitrogens with zero attached hydrogens (tertiary/aromatic N) is 2. The highest BCUT2D eigenvalue weighted by Crippen LogP contribution is 2.32. The van der Waals surface area contributed by atoms with Gasteiger partial charge >= 0.3 is 0 Å². The highest BCUT2D eigenvalue weighted by Gasteiger charge is 2.18. The van der Waals surface area contributed by atoms with E-state index >= 15 is 0 Å². The predicted octanol–water partition coefficient (Wildman–Crippen LogP) is 3.95. The molecular formula is C11H8ClIN2S. The number of fused-ring (bicyclic) bond motifs is 1. The van der Waals surface area contributed by atoms with E-state index in [9.17, 15) is 0 Å². The summed E-state index contributed by atoms with van der Waals surface area (Å²) < 4.78 is 1.88. The van der Waals surface area contributed by atoms with Crippen molar-refractivity contribution >= 4 is 45.5 Å². The van der Waals surface area contributed by atoms with Crippen LogP contribution in [-0.2, 0) is 12.8 Å². The van der Waals surface area contributed by atoms with E-state index in [1.807, 2.05) is 12.1 Å². The molecule has 2 aromatic heterocycles. The van der Waals surface area contributed by atoms with Gasteiger partial charge in [-0.2, -0.15) is 0 Å². The Labute approximate surface area is 116 Å². The highest BCUT2D eigenvalue weighted by atomic mass is 127. The van der Waals surface area contributed by atoms with Gasteiger partial charge in [-0.25, -0.2) is 9.97 Å². The maximum Gasteiger partial charge on any atom is 0.170 e. The van der Waals surface area contributed by atoms with Crippen LogP contribution in [0.15, 0.2) is 12.1 Å². The van der Waals surface area contributed by atoms with Crippen molar-refractivity contribution in [1.29, 1.82) is 0 Å². The molecule has 0 aliphatic heterocycles. The Morgan fingerprint density at radius 3 is 2.88 bits per heavy atom. The van der Waals surface area contributed by atoms with Crippen LogP contribution in [-0.4, -0.2) is 9.97 Å². The topological polar surface area (TPSA) is 25.8 Å². The van der Waals surface area contributed by atoms with Crippen LogP contribution in [0.3, 0.4) is 0 Å². The molecular weight excluding hydrogens is 355 g/mol. The highest BCUT2D eigenvalue weighted by molar-refractivity contribution is 14.1. The molecule has 0 spiro atoms. The standard InChI is InChI=1S/C11H8ClIN2S/c12-9-5-4-8(16-9)11-14-7-3-1-2-6(7)10(13)15-11/h4-5H,1-3H2. The molecule has 0 amide bonds. The molecule has 16 heavy (non-hydrogen) atoms. The fourth-order valence-electron chi connectivity index (χ4n) is 1.93. The van der Waals surface area contributed by atoms with E-state index in [1.165, 1.54) is 29.0 Å². The summed E-state index contributed by atoms with van der Waals surface area (Å²) in [7, 11) is 0. The molecule has 2 heterocycles. The van der Waals surface area contributed by atoms with Gasteiger partial charge in [0.15, 0.2) is 5.82 Å². The van der Waals surface area contributed by atoms with E-state index in [0.29, 0.717) is 0 Å². The Bertz CT molecular complexity index is 553. The molecule has 0 fully saturated rings. The van der Waals surface area contributed by atoms with Gasteiger partial charge in [0.2, 0.25) is 0 Å². The normalized spacial score (nSPS) is 14.1. The molecule has 0 aromatic carbocycles. The van der Waals surface area contributed by atoms with Crippen LogP contribution in [0.4, 0.5) is 0 Å². The zero-order chi connectivity index (χ0) is 11.1. The fraction of sp³-hybridized carbons (Fsp3) is 0.273. The largest absolute Gasteiger partial charge is 0.232 e. The molecule has 0 bridgehead atoms. The molecule has 0 atom stereocenters. The summed E-state index contributed by atoms with van der Waals surface area (Å²) in [6.07, 6.45) is 3.41. The van der Waals surface area contributed by atoms with Crippen LogP contribution in [0.1, 0.15) is 17.7 Å². The molecule has 0 radical (unpaired) electrons. The second-order valence-electron chi connectivity index (χ2n) is 3.72. The van der Waals surface area contributed by atoms with Crippen LogP contribution in [0, 0.1) is 3.70 Å². The minimum atomic E-state index is 0.786. The number of hydrogen-bond donors (Lipinski definition) is 0. The van der Waals surface area contributed by atoms with Gasteiger partial charge in [0.25, 0.3) is 0 Å². The smallest absolute Gasteiger partial charge is 0.170 e.